The fourth-order valence-electron chi connectivity index (χ4n) is 2.99. The maximum Gasteiger partial charge on any atom is 0.310 e. The third-order valence-electron chi connectivity index (χ3n) is 4.56. The summed E-state index contributed by atoms with van der Waals surface area (Å²) in [5.74, 6) is 0.772. The van der Waals surface area contributed by atoms with Gasteiger partial charge in [-0.1, -0.05) is 6.92 Å². The van der Waals surface area contributed by atoms with Gasteiger partial charge in [0.05, 0.1) is 25.2 Å². The zero-order valence-corrected chi connectivity index (χ0v) is 16.0. The van der Waals surface area contributed by atoms with Crippen LogP contribution in [0.2, 0.25) is 0 Å². The Labute approximate surface area is 149 Å². The topological polar surface area (TPSA) is 74.2 Å². The Bertz CT molecular complexity index is 413. The van der Waals surface area contributed by atoms with Gasteiger partial charge in [-0.25, -0.2) is 0 Å². The summed E-state index contributed by atoms with van der Waals surface area (Å²) in [5.41, 5.74) is -0.617. The molecule has 2 atom stereocenters. The van der Waals surface area contributed by atoms with Crippen molar-refractivity contribution in [1.82, 2.24) is 10.2 Å². The molecule has 0 bridgehead atoms. The molecule has 2 rings (SSSR count). The van der Waals surface area contributed by atoms with Crippen molar-refractivity contribution in [1.29, 1.82) is 0 Å². The van der Waals surface area contributed by atoms with E-state index in [2.05, 4.69) is 22.1 Å². The second kappa shape index (κ2) is 8.33. The largest absolute Gasteiger partial charge is 0.469 e. The number of hydrogen-bond donors (Lipinski definition) is 2. The van der Waals surface area contributed by atoms with Crippen LogP contribution < -0.4 is 5.32 Å². The molecule has 0 radical (unpaired) electrons. The highest BCUT2D eigenvalue weighted by Crippen LogP contribution is 2.32. The van der Waals surface area contributed by atoms with Gasteiger partial charge in [-0.2, -0.15) is 0 Å². The van der Waals surface area contributed by atoms with Gasteiger partial charge in [-0.15, -0.1) is 24.0 Å². The molecule has 0 aromatic rings. The molecule has 1 saturated heterocycles. The first-order valence-electron chi connectivity index (χ1n) is 7.82. The van der Waals surface area contributed by atoms with Crippen LogP contribution in [0.25, 0.3) is 0 Å². The number of methoxy groups -OCH3 is 1. The highest BCUT2D eigenvalue weighted by molar-refractivity contribution is 14.0. The average molecular weight is 425 g/mol. The molecule has 22 heavy (non-hydrogen) atoms. The predicted octanol–water partition coefficient (Wildman–Crippen LogP) is 1.23. The van der Waals surface area contributed by atoms with Crippen molar-refractivity contribution in [2.75, 3.05) is 33.3 Å². The van der Waals surface area contributed by atoms with Crippen LogP contribution in [0.15, 0.2) is 4.99 Å². The van der Waals surface area contributed by atoms with Gasteiger partial charge in [0.1, 0.15) is 0 Å². The summed E-state index contributed by atoms with van der Waals surface area (Å²) in [6, 6.07) is 0. The van der Waals surface area contributed by atoms with Gasteiger partial charge in [0.15, 0.2) is 5.96 Å². The first kappa shape index (κ1) is 19.5. The van der Waals surface area contributed by atoms with Crippen LogP contribution >= 0.6 is 24.0 Å². The summed E-state index contributed by atoms with van der Waals surface area (Å²) in [4.78, 5) is 18.4. The summed E-state index contributed by atoms with van der Waals surface area (Å²) in [6.07, 6.45) is 2.74. The highest BCUT2D eigenvalue weighted by Gasteiger charge is 2.38. The molecule has 2 N–H and O–H groups in total. The maximum absolute atomic E-state index is 11.8. The third-order valence-corrected chi connectivity index (χ3v) is 4.56. The molecule has 1 aliphatic heterocycles. The monoisotopic (exact) mass is 425 g/mol. The molecule has 1 heterocycles. The quantitative estimate of drug-likeness (QED) is 0.307. The van der Waals surface area contributed by atoms with Crippen LogP contribution in [0.5, 0.6) is 0 Å². The number of rotatable bonds is 4. The number of likely N-dealkylation sites (tertiary alicyclic amines) is 1. The molecular formula is C15H28IN3O3. The van der Waals surface area contributed by atoms with E-state index in [4.69, 9.17) is 4.74 Å². The normalized spacial score (nSPS) is 26.9. The summed E-state index contributed by atoms with van der Waals surface area (Å²) in [7, 11) is 1.43. The number of ether oxygens (including phenoxy) is 1. The molecule has 0 aromatic carbocycles. The summed E-state index contributed by atoms with van der Waals surface area (Å²) in [6.45, 7) is 6.69. The summed E-state index contributed by atoms with van der Waals surface area (Å²) < 4.78 is 4.87. The van der Waals surface area contributed by atoms with Gasteiger partial charge in [0.2, 0.25) is 0 Å². The number of aliphatic imine (C=N–C) groups is 1. The van der Waals surface area contributed by atoms with Gasteiger partial charge < -0.3 is 20.1 Å². The van der Waals surface area contributed by atoms with Crippen molar-refractivity contribution in [2.45, 2.75) is 38.7 Å². The minimum absolute atomic E-state index is 0. The lowest BCUT2D eigenvalue weighted by Crippen LogP contribution is -2.44. The lowest BCUT2D eigenvalue weighted by atomic mass is 9.80. The number of halogens is 1. The number of esters is 1. The van der Waals surface area contributed by atoms with E-state index in [-0.39, 0.29) is 41.8 Å². The fraction of sp³-hybridized carbons (Fsp3) is 0.867. The molecule has 1 saturated carbocycles. The van der Waals surface area contributed by atoms with E-state index < -0.39 is 5.60 Å². The van der Waals surface area contributed by atoms with Crippen molar-refractivity contribution in [3.63, 3.8) is 0 Å². The smallest absolute Gasteiger partial charge is 0.310 e. The van der Waals surface area contributed by atoms with Crippen LogP contribution in [0, 0.1) is 11.8 Å². The molecule has 1 aliphatic carbocycles. The lowest BCUT2D eigenvalue weighted by Gasteiger charge is -2.35. The molecule has 0 spiro atoms. The van der Waals surface area contributed by atoms with Crippen LogP contribution in [0.3, 0.4) is 0 Å². The van der Waals surface area contributed by atoms with E-state index >= 15 is 0 Å². The van der Waals surface area contributed by atoms with Crippen molar-refractivity contribution in [3.8, 4) is 0 Å². The van der Waals surface area contributed by atoms with Crippen molar-refractivity contribution >= 4 is 35.9 Å². The molecule has 2 fully saturated rings. The predicted molar refractivity (Wildman–Crippen MR) is 96.4 cm³/mol. The summed E-state index contributed by atoms with van der Waals surface area (Å²) >= 11 is 0. The van der Waals surface area contributed by atoms with Gasteiger partial charge >= 0.3 is 5.97 Å². The second-order valence-corrected chi connectivity index (χ2v) is 6.26. The zero-order valence-electron chi connectivity index (χ0n) is 13.7. The molecule has 7 heteroatoms. The first-order chi connectivity index (χ1) is 9.99. The first-order valence-corrected chi connectivity index (χ1v) is 7.82. The van der Waals surface area contributed by atoms with Crippen molar-refractivity contribution in [2.24, 2.45) is 16.8 Å². The lowest BCUT2D eigenvalue weighted by molar-refractivity contribution is -0.145. The van der Waals surface area contributed by atoms with Crippen LogP contribution in [0.4, 0.5) is 0 Å². The third kappa shape index (κ3) is 4.47. The van der Waals surface area contributed by atoms with E-state index in [9.17, 15) is 9.90 Å². The molecule has 0 aromatic heterocycles. The van der Waals surface area contributed by atoms with Crippen LogP contribution in [-0.2, 0) is 9.53 Å². The number of nitrogens with zero attached hydrogens (tertiary/aromatic N) is 2. The van der Waals surface area contributed by atoms with Gasteiger partial charge in [-0.05, 0) is 32.1 Å². The SMILES string of the molecule is CCNC(=NCC1(O)CCC1)N1CC(C)C(C(=O)OC)C1.I. The van der Waals surface area contributed by atoms with E-state index in [1.165, 1.54) is 7.11 Å². The molecular weight excluding hydrogens is 397 g/mol. The van der Waals surface area contributed by atoms with E-state index in [1.54, 1.807) is 0 Å². The highest BCUT2D eigenvalue weighted by atomic mass is 127. The number of aliphatic hydroxyl groups is 1. The Morgan fingerprint density at radius 3 is 2.64 bits per heavy atom. The Balaban J connectivity index is 0.00000242. The van der Waals surface area contributed by atoms with E-state index in [0.717, 1.165) is 38.3 Å². The number of nitrogens with one attached hydrogen (secondary N) is 1. The Morgan fingerprint density at radius 2 is 2.14 bits per heavy atom. The van der Waals surface area contributed by atoms with Crippen molar-refractivity contribution < 1.29 is 14.6 Å². The molecule has 0 amide bonds. The van der Waals surface area contributed by atoms with Crippen molar-refractivity contribution in [3.05, 3.63) is 0 Å². The van der Waals surface area contributed by atoms with E-state index in [0.29, 0.717) is 13.1 Å². The minimum atomic E-state index is -0.617. The number of carbonyl (C=O) groups is 1. The standard InChI is InChI=1S/C15H27N3O3.HI/c1-4-16-14(17-10-15(20)6-5-7-15)18-8-11(2)12(9-18)13(19)21-3;/h11-12,20H,4-10H2,1-3H3,(H,16,17);1H. The average Bonchev–Trinajstić information content (AvgIpc) is 2.82. The van der Waals surface area contributed by atoms with Crippen LogP contribution in [0.1, 0.15) is 33.1 Å². The molecule has 2 unspecified atom stereocenters. The molecule has 2 aliphatic rings. The van der Waals surface area contributed by atoms with Gasteiger partial charge in [-0.3, -0.25) is 9.79 Å². The minimum Gasteiger partial charge on any atom is -0.469 e. The number of carbonyl (C=O) groups excluding carboxylic acids is 1. The van der Waals surface area contributed by atoms with Gasteiger partial charge in [0.25, 0.3) is 0 Å². The molecule has 128 valence electrons. The Kier molecular flexibility index (Phi) is 7.37. The molecule has 6 nitrogen and oxygen atoms in total. The van der Waals surface area contributed by atoms with Crippen LogP contribution in [-0.4, -0.2) is 60.8 Å². The van der Waals surface area contributed by atoms with Gasteiger partial charge in [0, 0.05) is 19.6 Å². The fourth-order valence-corrected chi connectivity index (χ4v) is 2.99. The zero-order chi connectivity index (χ0) is 15.5. The number of hydrogen-bond acceptors (Lipinski definition) is 4. The second-order valence-electron chi connectivity index (χ2n) is 6.26. The Morgan fingerprint density at radius 1 is 1.45 bits per heavy atom. The summed E-state index contributed by atoms with van der Waals surface area (Å²) in [5, 5.41) is 13.4. The van der Waals surface area contributed by atoms with E-state index in [1.807, 2.05) is 6.92 Å². The number of guanidine groups is 1. The maximum atomic E-state index is 11.8. The Hall–Kier alpha value is -0.570.